The largest absolute Gasteiger partial charge is 0.416 e. The third kappa shape index (κ3) is 3.05. The molecule has 0 saturated carbocycles. The van der Waals surface area contributed by atoms with Crippen molar-refractivity contribution in [2.24, 2.45) is 5.92 Å². The van der Waals surface area contributed by atoms with E-state index in [2.05, 4.69) is 5.32 Å². The SMILES string of the molecule is OC[C@H]1CC[C@@H]2[C@H](O1)c1cc(C(F)(F)F)ccc1N[C@H]2c1cccs1. The van der Waals surface area contributed by atoms with Gasteiger partial charge in [-0.15, -0.1) is 11.3 Å². The number of rotatable bonds is 2. The molecule has 0 radical (unpaired) electrons. The van der Waals surface area contributed by atoms with E-state index in [0.29, 0.717) is 17.7 Å². The van der Waals surface area contributed by atoms with Crippen LogP contribution in [0.3, 0.4) is 0 Å². The maximum atomic E-state index is 13.1. The van der Waals surface area contributed by atoms with Gasteiger partial charge in [-0.25, -0.2) is 0 Å². The Bertz CT molecular complexity index is 747. The lowest BCUT2D eigenvalue weighted by atomic mass is 9.78. The lowest BCUT2D eigenvalue weighted by Gasteiger charge is -2.45. The van der Waals surface area contributed by atoms with Gasteiger partial charge in [0.25, 0.3) is 0 Å². The standard InChI is InChI=1S/C18H18F3NO2S/c19-18(20,21)10-3-6-14-13(8-10)17-12(5-4-11(9-23)24-17)16(22-14)15-2-1-7-25-15/h1-3,6-8,11-12,16-17,22-23H,4-5,9H2/t11-,12+,16-,17+/m1/s1. The molecule has 1 aromatic heterocycles. The molecule has 3 heterocycles. The van der Waals surface area contributed by atoms with Crippen molar-refractivity contribution in [1.29, 1.82) is 0 Å². The van der Waals surface area contributed by atoms with E-state index in [-0.39, 0.29) is 24.7 Å². The minimum absolute atomic E-state index is 0.00822. The van der Waals surface area contributed by atoms with Crippen molar-refractivity contribution in [3.05, 3.63) is 51.7 Å². The van der Waals surface area contributed by atoms with Gasteiger partial charge in [0, 0.05) is 22.0 Å². The number of benzene rings is 1. The summed E-state index contributed by atoms with van der Waals surface area (Å²) in [5, 5.41) is 14.8. The number of ether oxygens (including phenoxy) is 1. The first-order chi connectivity index (χ1) is 12.0. The predicted molar refractivity (Wildman–Crippen MR) is 89.6 cm³/mol. The molecule has 7 heteroatoms. The quantitative estimate of drug-likeness (QED) is 0.802. The van der Waals surface area contributed by atoms with Crippen LogP contribution in [0.15, 0.2) is 35.7 Å². The van der Waals surface area contributed by atoms with Gasteiger partial charge in [-0.3, -0.25) is 0 Å². The van der Waals surface area contributed by atoms with E-state index >= 15 is 0 Å². The highest BCUT2D eigenvalue weighted by molar-refractivity contribution is 7.10. The van der Waals surface area contributed by atoms with Crippen molar-refractivity contribution in [3.8, 4) is 0 Å². The van der Waals surface area contributed by atoms with Gasteiger partial charge in [-0.1, -0.05) is 6.07 Å². The Morgan fingerprint density at radius 3 is 2.76 bits per heavy atom. The van der Waals surface area contributed by atoms with Crippen LogP contribution in [-0.4, -0.2) is 17.8 Å². The summed E-state index contributed by atoms with van der Waals surface area (Å²) in [6.45, 7) is -0.116. The fourth-order valence-electron chi connectivity index (χ4n) is 3.82. The molecule has 0 spiro atoms. The molecule has 25 heavy (non-hydrogen) atoms. The number of alkyl halides is 3. The molecule has 2 aliphatic heterocycles. The van der Waals surface area contributed by atoms with E-state index in [1.165, 1.54) is 12.1 Å². The molecule has 2 aromatic rings. The van der Waals surface area contributed by atoms with Crippen molar-refractivity contribution in [3.63, 3.8) is 0 Å². The number of anilines is 1. The van der Waals surface area contributed by atoms with Crippen LogP contribution in [0.5, 0.6) is 0 Å². The molecule has 3 nitrogen and oxygen atoms in total. The maximum absolute atomic E-state index is 13.1. The van der Waals surface area contributed by atoms with Crippen molar-refractivity contribution in [2.75, 3.05) is 11.9 Å². The van der Waals surface area contributed by atoms with Crippen LogP contribution >= 0.6 is 11.3 Å². The first-order valence-corrected chi connectivity index (χ1v) is 9.12. The summed E-state index contributed by atoms with van der Waals surface area (Å²) >= 11 is 1.63. The fraction of sp³-hybridized carbons (Fsp3) is 0.444. The van der Waals surface area contributed by atoms with Gasteiger partial charge in [0.15, 0.2) is 0 Å². The Morgan fingerprint density at radius 1 is 1.24 bits per heavy atom. The Labute approximate surface area is 147 Å². The van der Waals surface area contributed by atoms with Crippen LogP contribution in [0.1, 0.15) is 41.0 Å². The maximum Gasteiger partial charge on any atom is 0.416 e. The first kappa shape index (κ1) is 16.9. The van der Waals surface area contributed by atoms with Crippen molar-refractivity contribution < 1.29 is 23.0 Å². The van der Waals surface area contributed by atoms with E-state index in [9.17, 15) is 18.3 Å². The molecule has 4 rings (SSSR count). The molecule has 0 unspecified atom stereocenters. The molecule has 4 atom stereocenters. The van der Waals surface area contributed by atoms with Crippen molar-refractivity contribution >= 4 is 17.0 Å². The highest BCUT2D eigenvalue weighted by Crippen LogP contribution is 2.51. The Balaban J connectivity index is 1.77. The minimum atomic E-state index is -4.39. The zero-order chi connectivity index (χ0) is 17.6. The molecule has 0 amide bonds. The third-order valence-corrected chi connectivity index (χ3v) is 5.98. The second kappa shape index (κ2) is 6.30. The zero-order valence-corrected chi connectivity index (χ0v) is 14.1. The molecule has 1 saturated heterocycles. The Hall–Kier alpha value is -1.57. The molecule has 1 fully saturated rings. The molecule has 0 aliphatic carbocycles. The highest BCUT2D eigenvalue weighted by Gasteiger charge is 2.43. The summed E-state index contributed by atoms with van der Waals surface area (Å²) in [6, 6.07) is 7.79. The first-order valence-electron chi connectivity index (χ1n) is 8.25. The number of aliphatic hydroxyl groups is 1. The summed E-state index contributed by atoms with van der Waals surface area (Å²) in [5.74, 6) is 0.0393. The van der Waals surface area contributed by atoms with Gasteiger partial charge in [-0.05, 0) is 42.5 Å². The summed E-state index contributed by atoms with van der Waals surface area (Å²) in [5.41, 5.74) is 0.535. The van der Waals surface area contributed by atoms with Crippen molar-refractivity contribution in [1.82, 2.24) is 0 Å². The molecule has 1 aromatic carbocycles. The van der Waals surface area contributed by atoms with Crippen LogP contribution in [-0.2, 0) is 10.9 Å². The Morgan fingerprint density at radius 2 is 2.08 bits per heavy atom. The average Bonchev–Trinajstić information content (AvgIpc) is 3.13. The number of hydrogen-bond donors (Lipinski definition) is 2. The number of aliphatic hydroxyl groups excluding tert-OH is 1. The van der Waals surface area contributed by atoms with Gasteiger partial charge in [0.2, 0.25) is 0 Å². The fourth-order valence-corrected chi connectivity index (χ4v) is 4.67. The minimum Gasteiger partial charge on any atom is -0.394 e. The normalized spacial score (nSPS) is 28.8. The van der Waals surface area contributed by atoms with E-state index in [1.807, 2.05) is 17.5 Å². The average molecular weight is 369 g/mol. The molecule has 2 N–H and O–H groups in total. The lowest BCUT2D eigenvalue weighted by molar-refractivity contribution is -0.138. The van der Waals surface area contributed by atoms with Crippen LogP contribution in [0.25, 0.3) is 0 Å². The van der Waals surface area contributed by atoms with Gasteiger partial charge in [0.05, 0.1) is 30.4 Å². The number of nitrogens with one attached hydrogen (secondary N) is 1. The van der Waals surface area contributed by atoms with E-state index in [0.717, 1.165) is 17.4 Å². The van der Waals surface area contributed by atoms with Crippen LogP contribution in [0, 0.1) is 5.92 Å². The van der Waals surface area contributed by atoms with E-state index in [4.69, 9.17) is 4.74 Å². The summed E-state index contributed by atoms with van der Waals surface area (Å²) < 4.78 is 45.4. The van der Waals surface area contributed by atoms with Crippen LogP contribution < -0.4 is 5.32 Å². The second-order valence-electron chi connectivity index (χ2n) is 6.54. The van der Waals surface area contributed by atoms with Gasteiger partial charge in [0.1, 0.15) is 0 Å². The third-order valence-electron chi connectivity index (χ3n) is 5.03. The predicted octanol–water partition coefficient (Wildman–Crippen LogP) is 4.76. The molecule has 134 valence electrons. The van der Waals surface area contributed by atoms with E-state index < -0.39 is 17.8 Å². The van der Waals surface area contributed by atoms with Crippen LogP contribution in [0.2, 0.25) is 0 Å². The Kier molecular flexibility index (Phi) is 4.25. The topological polar surface area (TPSA) is 41.5 Å². The molecule has 2 aliphatic rings. The highest BCUT2D eigenvalue weighted by atomic mass is 32.1. The summed E-state index contributed by atoms with van der Waals surface area (Å²) in [6.07, 6.45) is -3.67. The zero-order valence-electron chi connectivity index (χ0n) is 13.3. The van der Waals surface area contributed by atoms with Gasteiger partial charge in [-0.2, -0.15) is 13.2 Å². The van der Waals surface area contributed by atoms with Crippen molar-refractivity contribution in [2.45, 2.75) is 37.3 Å². The van der Waals surface area contributed by atoms with E-state index in [1.54, 1.807) is 11.3 Å². The van der Waals surface area contributed by atoms with Gasteiger partial charge < -0.3 is 15.2 Å². The summed E-state index contributed by atoms with van der Waals surface area (Å²) in [4.78, 5) is 1.14. The monoisotopic (exact) mass is 369 g/mol. The number of thiophene rings is 1. The number of halogens is 3. The number of fused-ring (bicyclic) bond motifs is 3. The smallest absolute Gasteiger partial charge is 0.394 e. The second-order valence-corrected chi connectivity index (χ2v) is 7.52. The molecule has 0 bridgehead atoms. The van der Waals surface area contributed by atoms with Gasteiger partial charge >= 0.3 is 6.18 Å². The molecular weight excluding hydrogens is 351 g/mol. The number of hydrogen-bond acceptors (Lipinski definition) is 4. The van der Waals surface area contributed by atoms with Crippen LogP contribution in [0.4, 0.5) is 18.9 Å². The molecular formula is C18H18F3NO2S. The lowest BCUT2D eigenvalue weighted by Crippen LogP contribution is -2.39. The summed E-state index contributed by atoms with van der Waals surface area (Å²) in [7, 11) is 0.